The van der Waals surface area contributed by atoms with Gasteiger partial charge in [-0.1, -0.05) is 30.7 Å². The molecule has 1 N–H and O–H groups in total. The van der Waals surface area contributed by atoms with Gasteiger partial charge in [-0.05, 0) is 54.8 Å². The first-order valence-corrected chi connectivity index (χ1v) is 11.6. The Morgan fingerprint density at radius 3 is 2.62 bits per heavy atom. The Bertz CT molecular complexity index is 1190. The molecule has 2 aromatic carbocycles. The molecule has 1 aromatic heterocycles. The second-order valence-corrected chi connectivity index (χ2v) is 8.51. The fraction of sp³-hybridized carbons (Fsp3) is 0.269. The second kappa shape index (κ2) is 10.6. The van der Waals surface area contributed by atoms with E-state index in [4.69, 9.17) is 16.3 Å². The van der Waals surface area contributed by atoms with Gasteiger partial charge in [-0.15, -0.1) is 0 Å². The number of benzene rings is 2. The minimum atomic E-state index is -0.738. The van der Waals surface area contributed by atoms with Crippen molar-refractivity contribution in [3.8, 4) is 5.75 Å². The minimum Gasteiger partial charge on any atom is -0.507 e. The SMILES string of the molecule is CCCOc1ccc(C(O)=C2C(=O)C(=O)N(CCCn3ccnc3)C2c2cccc(Cl)c2)cc1. The van der Waals surface area contributed by atoms with Gasteiger partial charge < -0.3 is 19.3 Å². The van der Waals surface area contributed by atoms with Crippen molar-refractivity contribution in [2.24, 2.45) is 0 Å². The number of carbonyl (C=O) groups is 2. The fourth-order valence-corrected chi connectivity index (χ4v) is 4.26. The van der Waals surface area contributed by atoms with Crippen LogP contribution in [-0.2, 0) is 16.1 Å². The van der Waals surface area contributed by atoms with Crippen LogP contribution < -0.4 is 4.74 Å². The molecule has 0 aliphatic carbocycles. The minimum absolute atomic E-state index is 0.0529. The maximum atomic E-state index is 13.1. The third-order valence-corrected chi connectivity index (χ3v) is 5.91. The van der Waals surface area contributed by atoms with Crippen molar-refractivity contribution < 1.29 is 19.4 Å². The van der Waals surface area contributed by atoms with Gasteiger partial charge >= 0.3 is 0 Å². The summed E-state index contributed by atoms with van der Waals surface area (Å²) < 4.78 is 7.51. The number of amides is 1. The van der Waals surface area contributed by atoms with E-state index in [1.165, 1.54) is 4.90 Å². The van der Waals surface area contributed by atoms with Gasteiger partial charge in [0.2, 0.25) is 0 Å². The Labute approximate surface area is 203 Å². The summed E-state index contributed by atoms with van der Waals surface area (Å²) >= 11 is 6.23. The highest BCUT2D eigenvalue weighted by molar-refractivity contribution is 6.46. The molecule has 0 saturated carbocycles. The number of nitrogens with zero attached hydrogens (tertiary/aromatic N) is 3. The molecule has 7 nitrogen and oxygen atoms in total. The predicted octanol–water partition coefficient (Wildman–Crippen LogP) is 4.84. The van der Waals surface area contributed by atoms with E-state index < -0.39 is 17.7 Å². The van der Waals surface area contributed by atoms with Crippen LogP contribution in [-0.4, -0.2) is 44.4 Å². The highest BCUT2D eigenvalue weighted by Gasteiger charge is 2.45. The second-order valence-electron chi connectivity index (χ2n) is 8.07. The molecule has 3 aromatic rings. The summed E-state index contributed by atoms with van der Waals surface area (Å²) in [6.45, 7) is 3.58. The van der Waals surface area contributed by atoms with Crippen LogP contribution >= 0.6 is 11.6 Å². The van der Waals surface area contributed by atoms with E-state index in [1.807, 2.05) is 17.7 Å². The van der Waals surface area contributed by atoms with Crippen LogP contribution in [0.4, 0.5) is 0 Å². The van der Waals surface area contributed by atoms with E-state index in [2.05, 4.69) is 4.98 Å². The molecule has 1 fully saturated rings. The number of aliphatic hydroxyl groups is 1. The van der Waals surface area contributed by atoms with Crippen molar-refractivity contribution in [3.05, 3.63) is 89.0 Å². The smallest absolute Gasteiger partial charge is 0.295 e. The molecule has 8 heteroatoms. The standard InChI is InChI=1S/C26H26ClN3O4/c1-2-15-34-21-9-7-18(8-10-21)24(31)22-23(19-5-3-6-20(27)16-19)30(26(33)25(22)32)13-4-12-29-14-11-28-17-29/h3,5-11,14,16-17,23,31H,2,4,12-13,15H2,1H3. The molecule has 4 rings (SSSR count). The maximum absolute atomic E-state index is 13.1. The molecule has 34 heavy (non-hydrogen) atoms. The lowest BCUT2D eigenvalue weighted by Crippen LogP contribution is -2.31. The molecule has 1 atom stereocenters. The van der Waals surface area contributed by atoms with Crippen molar-refractivity contribution in [3.63, 3.8) is 0 Å². The lowest BCUT2D eigenvalue weighted by Gasteiger charge is -2.25. The normalized spacial score (nSPS) is 17.4. The first kappa shape index (κ1) is 23.6. The Morgan fingerprint density at radius 2 is 1.94 bits per heavy atom. The maximum Gasteiger partial charge on any atom is 0.295 e. The molecule has 0 radical (unpaired) electrons. The quantitative estimate of drug-likeness (QED) is 0.270. The number of halogens is 1. The lowest BCUT2D eigenvalue weighted by atomic mass is 9.95. The van der Waals surface area contributed by atoms with Crippen LogP contribution in [0, 0.1) is 0 Å². The number of aryl methyl sites for hydroxylation is 1. The van der Waals surface area contributed by atoms with Gasteiger partial charge in [0.25, 0.3) is 11.7 Å². The van der Waals surface area contributed by atoms with Gasteiger partial charge in [-0.25, -0.2) is 4.98 Å². The van der Waals surface area contributed by atoms with Gasteiger partial charge in [0.15, 0.2) is 0 Å². The van der Waals surface area contributed by atoms with E-state index in [9.17, 15) is 14.7 Å². The van der Waals surface area contributed by atoms with Gasteiger partial charge in [-0.2, -0.15) is 0 Å². The number of hydrogen-bond acceptors (Lipinski definition) is 5. The van der Waals surface area contributed by atoms with Crippen LogP contribution in [0.5, 0.6) is 5.75 Å². The first-order valence-electron chi connectivity index (χ1n) is 11.2. The van der Waals surface area contributed by atoms with Crippen LogP contribution in [0.15, 0.2) is 72.8 Å². The first-order chi connectivity index (χ1) is 16.5. The van der Waals surface area contributed by atoms with Crippen LogP contribution in [0.2, 0.25) is 5.02 Å². The largest absolute Gasteiger partial charge is 0.507 e. The monoisotopic (exact) mass is 479 g/mol. The third-order valence-electron chi connectivity index (χ3n) is 5.68. The summed E-state index contributed by atoms with van der Waals surface area (Å²) in [7, 11) is 0. The third kappa shape index (κ3) is 4.99. The van der Waals surface area contributed by atoms with Crippen LogP contribution in [0.25, 0.3) is 5.76 Å². The fourth-order valence-electron chi connectivity index (χ4n) is 4.06. The number of likely N-dealkylation sites (tertiary alicyclic amines) is 1. The summed E-state index contributed by atoms with van der Waals surface area (Å²) in [5, 5.41) is 11.6. The van der Waals surface area contributed by atoms with E-state index in [1.54, 1.807) is 61.1 Å². The molecule has 1 aliphatic heterocycles. The topological polar surface area (TPSA) is 84.7 Å². The molecule has 1 unspecified atom stereocenters. The molecule has 2 heterocycles. The number of imidazole rings is 1. The van der Waals surface area contributed by atoms with E-state index in [0.717, 1.165) is 6.42 Å². The summed E-state index contributed by atoms with van der Waals surface area (Å²) in [5.74, 6) is -0.899. The van der Waals surface area contributed by atoms with Crippen molar-refractivity contribution in [2.45, 2.75) is 32.4 Å². The summed E-state index contributed by atoms with van der Waals surface area (Å²) in [5.41, 5.74) is 1.16. The molecule has 1 saturated heterocycles. The number of rotatable bonds is 9. The zero-order valence-electron chi connectivity index (χ0n) is 18.9. The highest BCUT2D eigenvalue weighted by Crippen LogP contribution is 2.40. The Balaban J connectivity index is 1.68. The van der Waals surface area contributed by atoms with Gasteiger partial charge in [0, 0.05) is 36.1 Å². The number of ketones is 1. The summed E-state index contributed by atoms with van der Waals surface area (Å²) in [4.78, 5) is 31.7. The molecule has 0 bridgehead atoms. The average molecular weight is 480 g/mol. The highest BCUT2D eigenvalue weighted by atomic mass is 35.5. The van der Waals surface area contributed by atoms with Crippen LogP contribution in [0.3, 0.4) is 0 Å². The van der Waals surface area contributed by atoms with Crippen molar-refractivity contribution in [1.82, 2.24) is 14.5 Å². The summed E-state index contributed by atoms with van der Waals surface area (Å²) in [6.07, 6.45) is 6.74. The van der Waals surface area contributed by atoms with Crippen molar-refractivity contribution >= 4 is 29.1 Å². The molecule has 176 valence electrons. The Morgan fingerprint density at radius 1 is 1.15 bits per heavy atom. The molecule has 0 spiro atoms. The number of hydrogen-bond donors (Lipinski definition) is 1. The average Bonchev–Trinajstić information content (AvgIpc) is 3.45. The number of aromatic nitrogens is 2. The van der Waals surface area contributed by atoms with Crippen molar-refractivity contribution in [1.29, 1.82) is 0 Å². The molecule has 1 amide bonds. The van der Waals surface area contributed by atoms with Gasteiger partial charge in [0.1, 0.15) is 11.5 Å². The molecule has 1 aliphatic rings. The molecular formula is C26H26ClN3O4. The van der Waals surface area contributed by atoms with E-state index in [0.29, 0.717) is 48.0 Å². The lowest BCUT2D eigenvalue weighted by molar-refractivity contribution is -0.139. The Kier molecular flexibility index (Phi) is 7.33. The number of aliphatic hydroxyl groups excluding tert-OH is 1. The number of ether oxygens (including phenoxy) is 1. The zero-order valence-corrected chi connectivity index (χ0v) is 19.6. The van der Waals surface area contributed by atoms with E-state index >= 15 is 0 Å². The van der Waals surface area contributed by atoms with Gasteiger partial charge in [-0.3, -0.25) is 9.59 Å². The van der Waals surface area contributed by atoms with E-state index in [-0.39, 0.29) is 11.3 Å². The van der Waals surface area contributed by atoms with Crippen molar-refractivity contribution in [2.75, 3.05) is 13.2 Å². The Hall–Kier alpha value is -3.58. The summed E-state index contributed by atoms with van der Waals surface area (Å²) in [6, 6.07) is 13.1. The predicted molar refractivity (Wildman–Crippen MR) is 130 cm³/mol. The zero-order chi connectivity index (χ0) is 24.1. The van der Waals surface area contributed by atoms with Crippen LogP contribution in [0.1, 0.15) is 36.9 Å². The van der Waals surface area contributed by atoms with Gasteiger partial charge in [0.05, 0.1) is 24.5 Å². The number of Topliss-reactive ketones (excluding diaryl/α,β-unsaturated/α-hetero) is 1. The number of carbonyl (C=O) groups excluding carboxylic acids is 2. The molecular weight excluding hydrogens is 454 g/mol.